The lowest BCUT2D eigenvalue weighted by Gasteiger charge is -2.02. The molecule has 0 atom stereocenters. The molecule has 5 nitrogen and oxygen atoms in total. The number of nitrogens with one attached hydrogen (secondary N) is 2. The molecule has 0 fully saturated rings. The standard InChI is InChI=1S/C11H14N2O3S2/c1-12-5-10-4-11(17-8-10)18(14,15)13-6-9-2-3-16-7-9/h2-4,7-8,12-13H,5-6H2,1H3. The predicted molar refractivity (Wildman–Crippen MR) is 69.8 cm³/mol. The molecule has 0 saturated carbocycles. The summed E-state index contributed by atoms with van der Waals surface area (Å²) in [5.74, 6) is 0. The van der Waals surface area contributed by atoms with Crippen molar-refractivity contribution in [2.75, 3.05) is 7.05 Å². The average molecular weight is 286 g/mol. The summed E-state index contributed by atoms with van der Waals surface area (Å²) >= 11 is 1.22. The summed E-state index contributed by atoms with van der Waals surface area (Å²) in [6.07, 6.45) is 3.03. The topological polar surface area (TPSA) is 71.3 Å². The summed E-state index contributed by atoms with van der Waals surface area (Å²) in [6, 6.07) is 3.41. The second kappa shape index (κ2) is 5.66. The van der Waals surface area contributed by atoms with Crippen LogP contribution in [0.5, 0.6) is 0 Å². The lowest BCUT2D eigenvalue weighted by Crippen LogP contribution is -2.22. The number of sulfonamides is 1. The molecule has 0 aliphatic rings. The van der Waals surface area contributed by atoms with E-state index in [0.29, 0.717) is 10.8 Å². The van der Waals surface area contributed by atoms with Gasteiger partial charge in [0.1, 0.15) is 4.21 Å². The molecule has 2 aromatic rings. The Balaban J connectivity index is 2.05. The van der Waals surface area contributed by atoms with E-state index < -0.39 is 10.0 Å². The first-order valence-electron chi connectivity index (χ1n) is 5.34. The Hall–Kier alpha value is -1.15. The third-order valence-electron chi connectivity index (χ3n) is 2.32. The van der Waals surface area contributed by atoms with E-state index in [0.717, 1.165) is 11.1 Å². The van der Waals surface area contributed by atoms with Crippen molar-refractivity contribution in [2.45, 2.75) is 17.3 Å². The molecular weight excluding hydrogens is 272 g/mol. The zero-order chi connectivity index (χ0) is 13.0. The lowest BCUT2D eigenvalue weighted by atomic mass is 10.3. The highest BCUT2D eigenvalue weighted by atomic mass is 32.2. The molecule has 0 aliphatic heterocycles. The maximum atomic E-state index is 12.0. The van der Waals surface area contributed by atoms with E-state index in [9.17, 15) is 8.42 Å². The molecule has 0 amide bonds. The molecule has 2 N–H and O–H groups in total. The van der Waals surface area contributed by atoms with Crippen LogP contribution in [0.3, 0.4) is 0 Å². The summed E-state index contributed by atoms with van der Waals surface area (Å²) in [4.78, 5) is 0. The maximum Gasteiger partial charge on any atom is 0.250 e. The highest BCUT2D eigenvalue weighted by molar-refractivity contribution is 7.91. The molecule has 0 aliphatic carbocycles. The first-order chi connectivity index (χ1) is 8.62. The van der Waals surface area contributed by atoms with Crippen LogP contribution in [0.2, 0.25) is 0 Å². The van der Waals surface area contributed by atoms with Crippen molar-refractivity contribution in [1.82, 2.24) is 10.0 Å². The summed E-state index contributed by atoms with van der Waals surface area (Å²) in [7, 11) is -1.61. The molecule has 0 aromatic carbocycles. The first-order valence-corrected chi connectivity index (χ1v) is 7.71. The van der Waals surface area contributed by atoms with Gasteiger partial charge in [-0.15, -0.1) is 11.3 Å². The van der Waals surface area contributed by atoms with Gasteiger partial charge in [0, 0.05) is 18.7 Å². The number of hydrogen-bond donors (Lipinski definition) is 2. The van der Waals surface area contributed by atoms with E-state index in [-0.39, 0.29) is 6.54 Å². The summed E-state index contributed by atoms with van der Waals surface area (Å²) in [5, 5.41) is 4.82. The van der Waals surface area contributed by atoms with Crippen LogP contribution < -0.4 is 10.0 Å². The zero-order valence-corrected chi connectivity index (χ0v) is 11.5. The number of thiophene rings is 1. The van der Waals surface area contributed by atoms with Crippen LogP contribution in [-0.2, 0) is 23.1 Å². The van der Waals surface area contributed by atoms with E-state index in [1.807, 2.05) is 12.4 Å². The second-order valence-corrected chi connectivity index (χ2v) is 6.67. The quantitative estimate of drug-likeness (QED) is 0.845. The van der Waals surface area contributed by atoms with Crippen LogP contribution in [0.25, 0.3) is 0 Å². The van der Waals surface area contributed by atoms with Crippen molar-refractivity contribution < 1.29 is 12.8 Å². The van der Waals surface area contributed by atoms with Gasteiger partial charge in [0.05, 0.1) is 12.5 Å². The van der Waals surface area contributed by atoms with Crippen LogP contribution in [-0.4, -0.2) is 15.5 Å². The van der Waals surface area contributed by atoms with E-state index in [4.69, 9.17) is 4.42 Å². The van der Waals surface area contributed by atoms with E-state index >= 15 is 0 Å². The molecule has 7 heteroatoms. The van der Waals surface area contributed by atoms with Gasteiger partial charge in [-0.2, -0.15) is 0 Å². The summed E-state index contributed by atoms with van der Waals surface area (Å²) in [6.45, 7) is 0.895. The molecule has 98 valence electrons. The third-order valence-corrected chi connectivity index (χ3v) is 5.21. The van der Waals surface area contributed by atoms with E-state index in [2.05, 4.69) is 10.0 Å². The normalized spacial score (nSPS) is 11.8. The Bertz CT molecular complexity index is 588. The van der Waals surface area contributed by atoms with Gasteiger partial charge in [0.2, 0.25) is 10.0 Å². The van der Waals surface area contributed by atoms with Crippen LogP contribution in [0.15, 0.2) is 38.7 Å². The van der Waals surface area contributed by atoms with Gasteiger partial charge in [0.15, 0.2) is 0 Å². The van der Waals surface area contributed by atoms with E-state index in [1.54, 1.807) is 12.1 Å². The zero-order valence-electron chi connectivity index (χ0n) is 9.84. The SMILES string of the molecule is CNCc1csc(S(=O)(=O)NCc2ccoc2)c1. The van der Waals surface area contributed by atoms with Crippen molar-refractivity contribution in [2.24, 2.45) is 0 Å². The van der Waals surface area contributed by atoms with Crippen molar-refractivity contribution in [3.8, 4) is 0 Å². The first kappa shape index (κ1) is 13.3. The molecule has 0 saturated heterocycles. The minimum absolute atomic E-state index is 0.234. The molecule has 0 spiro atoms. The van der Waals surface area contributed by atoms with Crippen molar-refractivity contribution in [3.63, 3.8) is 0 Å². The maximum absolute atomic E-state index is 12.0. The van der Waals surface area contributed by atoms with Gasteiger partial charge < -0.3 is 9.73 Å². The highest BCUT2D eigenvalue weighted by Gasteiger charge is 2.16. The van der Waals surface area contributed by atoms with Crippen LogP contribution in [0.1, 0.15) is 11.1 Å². The molecule has 18 heavy (non-hydrogen) atoms. The minimum atomic E-state index is -3.43. The molecule has 0 radical (unpaired) electrons. The van der Waals surface area contributed by atoms with E-state index in [1.165, 1.54) is 23.9 Å². The molecule has 2 aromatic heterocycles. The predicted octanol–water partition coefficient (Wildman–Crippen LogP) is 1.54. The smallest absolute Gasteiger partial charge is 0.250 e. The Kier molecular flexibility index (Phi) is 4.18. The van der Waals surface area contributed by atoms with Crippen molar-refractivity contribution >= 4 is 21.4 Å². The number of rotatable bonds is 6. The van der Waals surface area contributed by atoms with Gasteiger partial charge in [-0.1, -0.05) is 0 Å². The fourth-order valence-electron chi connectivity index (χ4n) is 1.43. The third kappa shape index (κ3) is 3.20. The molecule has 0 unspecified atom stereocenters. The van der Waals surface area contributed by atoms with Gasteiger partial charge in [0.25, 0.3) is 0 Å². The molecule has 0 bridgehead atoms. The summed E-state index contributed by atoms with van der Waals surface area (Å²) < 4.78 is 31.7. The fourth-order valence-corrected chi connectivity index (χ4v) is 3.71. The van der Waals surface area contributed by atoms with Crippen LogP contribution in [0.4, 0.5) is 0 Å². The Morgan fingerprint density at radius 1 is 1.33 bits per heavy atom. The average Bonchev–Trinajstić information content (AvgIpc) is 2.98. The van der Waals surface area contributed by atoms with Gasteiger partial charge in [-0.25, -0.2) is 13.1 Å². The number of furan rings is 1. The van der Waals surface area contributed by atoms with Crippen LogP contribution in [0, 0.1) is 0 Å². The van der Waals surface area contributed by atoms with Gasteiger partial charge in [-0.05, 0) is 30.1 Å². The number of hydrogen-bond acceptors (Lipinski definition) is 5. The summed E-state index contributed by atoms with van der Waals surface area (Å²) in [5.41, 5.74) is 1.76. The Morgan fingerprint density at radius 3 is 2.83 bits per heavy atom. The van der Waals surface area contributed by atoms with Crippen LogP contribution >= 0.6 is 11.3 Å². The minimum Gasteiger partial charge on any atom is -0.472 e. The molecular formula is C11H14N2O3S2. The second-order valence-electron chi connectivity index (χ2n) is 3.76. The van der Waals surface area contributed by atoms with Crippen molar-refractivity contribution in [3.05, 3.63) is 41.2 Å². The van der Waals surface area contributed by atoms with Gasteiger partial charge in [-0.3, -0.25) is 0 Å². The largest absolute Gasteiger partial charge is 0.472 e. The Labute approximate surface area is 110 Å². The molecule has 2 rings (SSSR count). The van der Waals surface area contributed by atoms with Gasteiger partial charge >= 0.3 is 0 Å². The fraction of sp³-hybridized carbons (Fsp3) is 0.273. The van der Waals surface area contributed by atoms with Crippen molar-refractivity contribution in [1.29, 1.82) is 0 Å². The lowest BCUT2D eigenvalue weighted by molar-refractivity contribution is 0.561. The highest BCUT2D eigenvalue weighted by Crippen LogP contribution is 2.20. The molecule has 2 heterocycles. The monoisotopic (exact) mass is 286 g/mol. The Morgan fingerprint density at radius 2 is 2.17 bits per heavy atom.